The highest BCUT2D eigenvalue weighted by atomic mass is 35.7. The summed E-state index contributed by atoms with van der Waals surface area (Å²) >= 11 is 0.671. The van der Waals surface area contributed by atoms with Gasteiger partial charge in [0, 0.05) is 22.8 Å². The molecule has 0 spiro atoms. The molecular weight excluding hydrogens is 202 g/mol. The molecule has 4 nitrogen and oxygen atoms in total. The summed E-state index contributed by atoms with van der Waals surface area (Å²) in [6.45, 7) is 0. The lowest BCUT2D eigenvalue weighted by molar-refractivity contribution is -0.384. The second kappa shape index (κ2) is 4.18. The molecule has 0 radical (unpaired) electrons. The van der Waals surface area contributed by atoms with E-state index in [1.165, 1.54) is 24.3 Å². The number of nitro benzene ring substituents is 1. The van der Waals surface area contributed by atoms with Crippen molar-refractivity contribution in [3.8, 4) is 5.75 Å². The third-order valence-corrected chi connectivity index (χ3v) is 1.62. The van der Waals surface area contributed by atoms with Crippen molar-refractivity contribution in [2.75, 3.05) is 0 Å². The minimum Gasteiger partial charge on any atom is -0.409 e. The van der Waals surface area contributed by atoms with E-state index in [4.69, 9.17) is 14.9 Å². The first-order valence-corrected chi connectivity index (χ1v) is 4.50. The minimum absolute atomic E-state index is 0.0296. The smallest absolute Gasteiger partial charge is 0.269 e. The zero-order valence-corrected chi connectivity index (χ0v) is 7.34. The SMILES string of the molecule is O=[N+]([O-])c1ccc(OSCl)cc1. The number of benzene rings is 1. The molecule has 0 N–H and O–H groups in total. The predicted octanol–water partition coefficient (Wildman–Crippen LogP) is 2.78. The maximum Gasteiger partial charge on any atom is 0.269 e. The molecule has 0 bridgehead atoms. The number of hydrogen-bond acceptors (Lipinski definition) is 4. The van der Waals surface area contributed by atoms with E-state index in [-0.39, 0.29) is 5.69 Å². The van der Waals surface area contributed by atoms with Crippen LogP contribution in [0.2, 0.25) is 0 Å². The van der Waals surface area contributed by atoms with Gasteiger partial charge in [-0.25, -0.2) is 0 Å². The molecule has 0 aliphatic rings. The molecule has 0 aliphatic carbocycles. The van der Waals surface area contributed by atoms with E-state index in [2.05, 4.69) is 0 Å². The molecule has 1 rings (SSSR count). The first-order valence-electron chi connectivity index (χ1n) is 2.94. The summed E-state index contributed by atoms with van der Waals surface area (Å²) in [5.74, 6) is 0.487. The van der Waals surface area contributed by atoms with Gasteiger partial charge in [-0.15, -0.1) is 0 Å². The average molecular weight is 206 g/mol. The summed E-state index contributed by atoms with van der Waals surface area (Å²) in [4.78, 5) is 9.73. The van der Waals surface area contributed by atoms with Crippen molar-refractivity contribution in [3.63, 3.8) is 0 Å². The van der Waals surface area contributed by atoms with Crippen molar-refractivity contribution in [2.45, 2.75) is 0 Å². The Labute approximate surface area is 77.3 Å². The summed E-state index contributed by atoms with van der Waals surface area (Å²) in [7, 11) is 5.20. The lowest BCUT2D eigenvalue weighted by Crippen LogP contribution is -1.86. The Morgan fingerprint density at radius 3 is 2.42 bits per heavy atom. The fraction of sp³-hybridized carbons (Fsp3) is 0. The third kappa shape index (κ3) is 2.28. The zero-order valence-electron chi connectivity index (χ0n) is 5.77. The Bertz CT molecular complexity index is 277. The van der Waals surface area contributed by atoms with Crippen LogP contribution < -0.4 is 4.18 Å². The monoisotopic (exact) mass is 205 g/mol. The minimum atomic E-state index is -0.475. The number of nitro groups is 1. The van der Waals surface area contributed by atoms with E-state index in [1.54, 1.807) is 0 Å². The summed E-state index contributed by atoms with van der Waals surface area (Å²) in [6, 6.07) is 5.66. The van der Waals surface area contributed by atoms with Crippen LogP contribution in [0.5, 0.6) is 5.75 Å². The molecular formula is C6H4ClNO3S. The molecule has 0 atom stereocenters. The highest BCUT2D eigenvalue weighted by Gasteiger charge is 2.03. The second-order valence-corrected chi connectivity index (χ2v) is 2.57. The van der Waals surface area contributed by atoms with E-state index >= 15 is 0 Å². The lowest BCUT2D eigenvalue weighted by Gasteiger charge is -1.96. The summed E-state index contributed by atoms with van der Waals surface area (Å²) in [5.41, 5.74) is 0.0296. The number of halogens is 1. The lowest BCUT2D eigenvalue weighted by atomic mass is 10.3. The van der Waals surface area contributed by atoms with Gasteiger partial charge in [-0.05, 0) is 12.1 Å². The maximum atomic E-state index is 10.2. The van der Waals surface area contributed by atoms with Crippen LogP contribution in [0.15, 0.2) is 24.3 Å². The quantitative estimate of drug-likeness (QED) is 0.433. The van der Waals surface area contributed by atoms with Gasteiger partial charge >= 0.3 is 0 Å². The predicted molar refractivity (Wildman–Crippen MR) is 47.2 cm³/mol. The largest absolute Gasteiger partial charge is 0.409 e. The fourth-order valence-electron chi connectivity index (χ4n) is 0.660. The molecule has 64 valence electrons. The Morgan fingerprint density at radius 2 is 2.00 bits per heavy atom. The van der Waals surface area contributed by atoms with Crippen LogP contribution in [0.3, 0.4) is 0 Å². The fourth-order valence-corrected chi connectivity index (χ4v) is 1.06. The molecule has 1 aromatic rings. The van der Waals surface area contributed by atoms with Gasteiger partial charge in [0.2, 0.25) is 0 Å². The van der Waals surface area contributed by atoms with Crippen molar-refractivity contribution in [1.82, 2.24) is 0 Å². The van der Waals surface area contributed by atoms with Crippen LogP contribution in [0, 0.1) is 10.1 Å². The van der Waals surface area contributed by atoms with E-state index in [0.29, 0.717) is 17.0 Å². The highest BCUT2D eigenvalue weighted by Crippen LogP contribution is 2.21. The average Bonchev–Trinajstić information content (AvgIpc) is 2.06. The molecule has 12 heavy (non-hydrogen) atoms. The van der Waals surface area contributed by atoms with Crippen molar-refractivity contribution < 1.29 is 9.11 Å². The number of nitrogens with zero attached hydrogens (tertiary/aromatic N) is 1. The van der Waals surface area contributed by atoms with Crippen molar-refractivity contribution >= 4 is 27.6 Å². The van der Waals surface area contributed by atoms with Crippen LogP contribution in [0.4, 0.5) is 5.69 Å². The van der Waals surface area contributed by atoms with Gasteiger partial charge < -0.3 is 4.18 Å². The molecule has 0 saturated carbocycles. The standard InChI is InChI=1S/C6H4ClNO3S/c7-12-11-6-3-1-5(2-4-6)8(9)10/h1-4H. The maximum absolute atomic E-state index is 10.2. The van der Waals surface area contributed by atoms with E-state index in [0.717, 1.165) is 0 Å². The van der Waals surface area contributed by atoms with Gasteiger partial charge in [0.25, 0.3) is 5.69 Å². The Kier molecular flexibility index (Phi) is 3.19. The first-order chi connectivity index (χ1) is 5.74. The van der Waals surface area contributed by atoms with Gasteiger partial charge in [0.05, 0.1) is 4.92 Å². The van der Waals surface area contributed by atoms with E-state index in [9.17, 15) is 10.1 Å². The van der Waals surface area contributed by atoms with Gasteiger partial charge in [-0.2, -0.15) is 0 Å². The summed E-state index contributed by atoms with van der Waals surface area (Å²) < 4.78 is 4.80. The van der Waals surface area contributed by atoms with Gasteiger partial charge in [-0.3, -0.25) is 10.1 Å². The molecule has 0 saturated heterocycles. The van der Waals surface area contributed by atoms with Gasteiger partial charge in [0.1, 0.15) is 5.75 Å². The molecule has 0 aliphatic heterocycles. The number of rotatable bonds is 3. The normalized spacial score (nSPS) is 9.42. The Hall–Kier alpha value is -0.940. The van der Waals surface area contributed by atoms with Crippen molar-refractivity contribution in [1.29, 1.82) is 0 Å². The summed E-state index contributed by atoms with van der Waals surface area (Å²) in [5, 5.41) is 10.2. The van der Waals surface area contributed by atoms with Crippen LogP contribution in [-0.4, -0.2) is 4.92 Å². The molecule has 0 unspecified atom stereocenters. The molecule has 6 heteroatoms. The topological polar surface area (TPSA) is 52.4 Å². The van der Waals surface area contributed by atoms with Crippen LogP contribution >= 0.6 is 21.9 Å². The molecule has 0 fully saturated rings. The molecule has 0 aromatic heterocycles. The van der Waals surface area contributed by atoms with Crippen LogP contribution in [-0.2, 0) is 0 Å². The van der Waals surface area contributed by atoms with E-state index in [1.807, 2.05) is 0 Å². The van der Waals surface area contributed by atoms with Crippen molar-refractivity contribution in [2.24, 2.45) is 0 Å². The molecule has 1 aromatic carbocycles. The number of hydrogen-bond donors (Lipinski definition) is 0. The molecule has 0 heterocycles. The zero-order chi connectivity index (χ0) is 8.97. The summed E-state index contributed by atoms with van der Waals surface area (Å²) in [6.07, 6.45) is 0. The van der Waals surface area contributed by atoms with Gasteiger partial charge in [-0.1, -0.05) is 0 Å². The molecule has 0 amide bonds. The van der Waals surface area contributed by atoms with Crippen LogP contribution in [0.1, 0.15) is 0 Å². The number of non-ortho nitro benzene ring substituents is 1. The Morgan fingerprint density at radius 1 is 1.42 bits per heavy atom. The van der Waals surface area contributed by atoms with Crippen LogP contribution in [0.25, 0.3) is 0 Å². The van der Waals surface area contributed by atoms with E-state index < -0.39 is 4.92 Å². The second-order valence-electron chi connectivity index (χ2n) is 1.90. The van der Waals surface area contributed by atoms with Gasteiger partial charge in [0.15, 0.2) is 11.3 Å². The van der Waals surface area contributed by atoms with Crippen molar-refractivity contribution in [3.05, 3.63) is 34.4 Å². The first kappa shape index (κ1) is 9.15. The Balaban J connectivity index is 2.78. The highest BCUT2D eigenvalue weighted by molar-refractivity contribution is 8.17. The third-order valence-electron chi connectivity index (χ3n) is 1.18.